The smallest absolute Gasteiger partial charge is 0.0890 e. The SMILES string of the molecule is c1ccc2nc(C3CCC3)cnc2c1. The molecule has 2 aromatic rings. The molecule has 0 unspecified atom stereocenters. The van der Waals surface area contributed by atoms with Crippen LogP contribution in [-0.4, -0.2) is 9.97 Å². The first-order valence-electron chi connectivity index (χ1n) is 5.15. The van der Waals surface area contributed by atoms with Crippen LogP contribution in [0.5, 0.6) is 0 Å². The van der Waals surface area contributed by atoms with Gasteiger partial charge in [-0.05, 0) is 25.0 Å². The van der Waals surface area contributed by atoms with Crippen molar-refractivity contribution >= 4 is 11.0 Å². The van der Waals surface area contributed by atoms with Gasteiger partial charge in [0.2, 0.25) is 0 Å². The third kappa shape index (κ3) is 1.18. The zero-order valence-corrected chi connectivity index (χ0v) is 7.98. The number of hydrogen-bond acceptors (Lipinski definition) is 2. The van der Waals surface area contributed by atoms with Gasteiger partial charge in [0.15, 0.2) is 0 Å². The average Bonchev–Trinajstić information content (AvgIpc) is 2.15. The zero-order valence-electron chi connectivity index (χ0n) is 7.98. The van der Waals surface area contributed by atoms with E-state index in [0.29, 0.717) is 5.92 Å². The van der Waals surface area contributed by atoms with Gasteiger partial charge in [-0.15, -0.1) is 0 Å². The molecular weight excluding hydrogens is 172 g/mol. The Morgan fingerprint density at radius 2 is 1.86 bits per heavy atom. The fourth-order valence-corrected chi connectivity index (χ4v) is 1.87. The summed E-state index contributed by atoms with van der Waals surface area (Å²) in [6, 6.07) is 8.05. The van der Waals surface area contributed by atoms with Crippen LogP contribution in [0.1, 0.15) is 30.9 Å². The van der Waals surface area contributed by atoms with Gasteiger partial charge in [-0.3, -0.25) is 4.98 Å². The molecule has 0 saturated heterocycles. The number of aromatic nitrogens is 2. The number of benzene rings is 1. The lowest BCUT2D eigenvalue weighted by Gasteiger charge is -2.24. The van der Waals surface area contributed by atoms with E-state index in [-0.39, 0.29) is 0 Å². The van der Waals surface area contributed by atoms with Crippen molar-refractivity contribution in [3.63, 3.8) is 0 Å². The van der Waals surface area contributed by atoms with Crippen molar-refractivity contribution in [1.82, 2.24) is 9.97 Å². The topological polar surface area (TPSA) is 25.8 Å². The molecule has 1 aromatic carbocycles. The van der Waals surface area contributed by atoms with Crippen molar-refractivity contribution in [2.45, 2.75) is 25.2 Å². The van der Waals surface area contributed by atoms with E-state index in [0.717, 1.165) is 11.0 Å². The molecule has 2 nitrogen and oxygen atoms in total. The Morgan fingerprint density at radius 3 is 2.57 bits per heavy atom. The van der Waals surface area contributed by atoms with Crippen LogP contribution in [0.25, 0.3) is 11.0 Å². The lowest BCUT2D eigenvalue weighted by molar-refractivity contribution is 0.411. The number of para-hydroxylation sites is 2. The van der Waals surface area contributed by atoms with Gasteiger partial charge < -0.3 is 0 Å². The van der Waals surface area contributed by atoms with E-state index < -0.39 is 0 Å². The first-order valence-corrected chi connectivity index (χ1v) is 5.15. The molecule has 1 aromatic heterocycles. The van der Waals surface area contributed by atoms with Crippen LogP contribution in [0.4, 0.5) is 0 Å². The molecule has 1 heterocycles. The highest BCUT2D eigenvalue weighted by Gasteiger charge is 2.21. The standard InChI is InChI=1S/C12H12N2/c1-2-7-11-10(6-1)13-8-12(14-11)9-4-3-5-9/h1-2,6-9H,3-5H2. The zero-order chi connectivity index (χ0) is 9.38. The van der Waals surface area contributed by atoms with Crippen LogP contribution in [-0.2, 0) is 0 Å². The lowest BCUT2D eigenvalue weighted by Crippen LogP contribution is -2.10. The van der Waals surface area contributed by atoms with Crippen molar-refractivity contribution in [3.8, 4) is 0 Å². The molecule has 0 N–H and O–H groups in total. The number of hydrogen-bond donors (Lipinski definition) is 0. The van der Waals surface area contributed by atoms with Crippen molar-refractivity contribution in [1.29, 1.82) is 0 Å². The predicted molar refractivity (Wildman–Crippen MR) is 56.1 cm³/mol. The summed E-state index contributed by atoms with van der Waals surface area (Å²) in [6.07, 6.45) is 5.85. The third-order valence-corrected chi connectivity index (χ3v) is 2.99. The Hall–Kier alpha value is -1.44. The molecule has 0 atom stereocenters. The third-order valence-electron chi connectivity index (χ3n) is 2.99. The Morgan fingerprint density at radius 1 is 1.07 bits per heavy atom. The van der Waals surface area contributed by atoms with Crippen molar-refractivity contribution in [2.75, 3.05) is 0 Å². The summed E-state index contributed by atoms with van der Waals surface area (Å²) in [5.41, 5.74) is 3.20. The van der Waals surface area contributed by atoms with Crippen LogP contribution in [0.3, 0.4) is 0 Å². The molecular formula is C12H12N2. The van der Waals surface area contributed by atoms with Crippen LogP contribution < -0.4 is 0 Å². The van der Waals surface area contributed by atoms with E-state index in [9.17, 15) is 0 Å². The minimum atomic E-state index is 0.673. The molecule has 0 radical (unpaired) electrons. The molecule has 0 spiro atoms. The summed E-state index contributed by atoms with van der Waals surface area (Å²) < 4.78 is 0. The van der Waals surface area contributed by atoms with Gasteiger partial charge in [0.1, 0.15) is 0 Å². The van der Waals surface area contributed by atoms with Crippen molar-refractivity contribution in [2.24, 2.45) is 0 Å². The minimum Gasteiger partial charge on any atom is -0.253 e. The summed E-state index contributed by atoms with van der Waals surface area (Å²) in [7, 11) is 0. The summed E-state index contributed by atoms with van der Waals surface area (Å²) >= 11 is 0. The molecule has 0 amide bonds. The van der Waals surface area contributed by atoms with E-state index in [1.165, 1.54) is 25.0 Å². The first kappa shape index (κ1) is 7.92. The fourth-order valence-electron chi connectivity index (χ4n) is 1.87. The van der Waals surface area contributed by atoms with Crippen LogP contribution in [0.15, 0.2) is 30.5 Å². The maximum atomic E-state index is 4.63. The highest BCUT2D eigenvalue weighted by Crippen LogP contribution is 2.35. The molecule has 1 fully saturated rings. The second-order valence-electron chi connectivity index (χ2n) is 3.91. The van der Waals surface area contributed by atoms with Gasteiger partial charge in [0, 0.05) is 12.1 Å². The molecule has 3 rings (SSSR count). The van der Waals surface area contributed by atoms with E-state index in [1.807, 2.05) is 30.5 Å². The summed E-state index contributed by atoms with van der Waals surface area (Å²) in [4.78, 5) is 9.06. The highest BCUT2D eigenvalue weighted by molar-refractivity contribution is 5.73. The van der Waals surface area contributed by atoms with E-state index >= 15 is 0 Å². The average molecular weight is 184 g/mol. The Balaban J connectivity index is 2.10. The molecule has 0 aliphatic heterocycles. The Kier molecular flexibility index (Phi) is 1.72. The van der Waals surface area contributed by atoms with Gasteiger partial charge in [-0.2, -0.15) is 0 Å². The number of rotatable bonds is 1. The van der Waals surface area contributed by atoms with Crippen LogP contribution >= 0.6 is 0 Å². The molecule has 2 heteroatoms. The number of fused-ring (bicyclic) bond motifs is 1. The maximum absolute atomic E-state index is 4.63. The van der Waals surface area contributed by atoms with E-state index in [1.54, 1.807) is 0 Å². The normalized spacial score (nSPS) is 16.9. The van der Waals surface area contributed by atoms with Gasteiger partial charge >= 0.3 is 0 Å². The highest BCUT2D eigenvalue weighted by atomic mass is 14.8. The van der Waals surface area contributed by atoms with Gasteiger partial charge in [-0.25, -0.2) is 4.98 Å². The molecule has 14 heavy (non-hydrogen) atoms. The summed E-state index contributed by atoms with van der Waals surface area (Å²) in [5, 5.41) is 0. The van der Waals surface area contributed by atoms with E-state index in [2.05, 4.69) is 9.97 Å². The summed E-state index contributed by atoms with van der Waals surface area (Å²) in [5.74, 6) is 0.673. The second-order valence-corrected chi connectivity index (χ2v) is 3.91. The molecule has 1 saturated carbocycles. The molecule has 0 bridgehead atoms. The quantitative estimate of drug-likeness (QED) is 0.681. The van der Waals surface area contributed by atoms with Crippen LogP contribution in [0, 0.1) is 0 Å². The second kappa shape index (κ2) is 3.05. The first-order chi connectivity index (χ1) is 6.93. The number of nitrogens with zero attached hydrogens (tertiary/aromatic N) is 2. The largest absolute Gasteiger partial charge is 0.253 e. The van der Waals surface area contributed by atoms with Gasteiger partial charge in [-0.1, -0.05) is 18.6 Å². The van der Waals surface area contributed by atoms with E-state index in [4.69, 9.17) is 0 Å². The predicted octanol–water partition coefficient (Wildman–Crippen LogP) is 2.90. The molecule has 70 valence electrons. The van der Waals surface area contributed by atoms with Crippen LogP contribution in [0.2, 0.25) is 0 Å². The van der Waals surface area contributed by atoms with Crippen molar-refractivity contribution < 1.29 is 0 Å². The minimum absolute atomic E-state index is 0.673. The lowest BCUT2D eigenvalue weighted by atomic mass is 9.83. The molecule has 1 aliphatic rings. The Labute approximate surface area is 83.0 Å². The molecule has 1 aliphatic carbocycles. The summed E-state index contributed by atoms with van der Waals surface area (Å²) in [6.45, 7) is 0. The fraction of sp³-hybridized carbons (Fsp3) is 0.333. The maximum Gasteiger partial charge on any atom is 0.0890 e. The van der Waals surface area contributed by atoms with Gasteiger partial charge in [0.05, 0.1) is 16.7 Å². The van der Waals surface area contributed by atoms with Crippen molar-refractivity contribution in [3.05, 3.63) is 36.2 Å². The Bertz CT molecular complexity index is 461. The monoisotopic (exact) mass is 184 g/mol. The van der Waals surface area contributed by atoms with Gasteiger partial charge in [0.25, 0.3) is 0 Å².